The van der Waals surface area contributed by atoms with Crippen LogP contribution in [0.25, 0.3) is 10.9 Å². The molecular formula is C24H19ClF3N3O4S. The van der Waals surface area contributed by atoms with Gasteiger partial charge in [0.1, 0.15) is 0 Å². The SMILES string of the molecule is COC(=O)c1ccc(S(=O)(=O)N(Cc2ccc3c(ccn3C)c2)c2ncc(C(F)(F)F)cc2Cl)cc1. The van der Waals surface area contributed by atoms with Gasteiger partial charge in [0.05, 0.1) is 34.7 Å². The van der Waals surface area contributed by atoms with Gasteiger partial charge in [-0.25, -0.2) is 22.5 Å². The number of anilines is 1. The molecule has 36 heavy (non-hydrogen) atoms. The van der Waals surface area contributed by atoms with Crippen molar-refractivity contribution in [1.29, 1.82) is 0 Å². The number of benzene rings is 2. The Morgan fingerprint density at radius 2 is 1.81 bits per heavy atom. The lowest BCUT2D eigenvalue weighted by Gasteiger charge is -2.25. The van der Waals surface area contributed by atoms with E-state index < -0.39 is 32.8 Å². The molecule has 0 aliphatic heterocycles. The molecule has 2 aromatic carbocycles. The van der Waals surface area contributed by atoms with Crippen molar-refractivity contribution in [3.05, 3.63) is 88.7 Å². The molecule has 0 saturated carbocycles. The van der Waals surface area contributed by atoms with Gasteiger partial charge in [-0.1, -0.05) is 17.7 Å². The van der Waals surface area contributed by atoms with Gasteiger partial charge in [-0.3, -0.25) is 0 Å². The van der Waals surface area contributed by atoms with Gasteiger partial charge in [0.15, 0.2) is 5.82 Å². The molecule has 0 fully saturated rings. The van der Waals surface area contributed by atoms with Crippen molar-refractivity contribution >= 4 is 44.3 Å². The van der Waals surface area contributed by atoms with Crippen LogP contribution in [0.3, 0.4) is 0 Å². The zero-order valence-corrected chi connectivity index (χ0v) is 20.5. The van der Waals surface area contributed by atoms with Gasteiger partial charge in [0, 0.05) is 25.0 Å². The fourth-order valence-corrected chi connectivity index (χ4v) is 5.39. The summed E-state index contributed by atoms with van der Waals surface area (Å²) in [5, 5.41) is 0.363. The Bertz CT molecular complexity index is 1550. The number of rotatable bonds is 6. The molecule has 0 saturated heterocycles. The van der Waals surface area contributed by atoms with E-state index in [1.165, 1.54) is 31.4 Å². The van der Waals surface area contributed by atoms with Crippen molar-refractivity contribution in [3.8, 4) is 0 Å². The van der Waals surface area contributed by atoms with Crippen molar-refractivity contribution in [1.82, 2.24) is 9.55 Å². The number of carbonyl (C=O) groups excluding carboxylic acids is 1. The number of hydrogen-bond donors (Lipinski definition) is 0. The predicted molar refractivity (Wildman–Crippen MR) is 128 cm³/mol. The van der Waals surface area contributed by atoms with E-state index in [1.54, 1.807) is 12.1 Å². The topological polar surface area (TPSA) is 81.5 Å². The molecule has 0 aliphatic rings. The van der Waals surface area contributed by atoms with Gasteiger partial charge in [-0.2, -0.15) is 13.2 Å². The smallest absolute Gasteiger partial charge is 0.417 e. The number of methoxy groups -OCH3 is 1. The van der Waals surface area contributed by atoms with Gasteiger partial charge in [0.2, 0.25) is 0 Å². The third kappa shape index (κ3) is 4.89. The Balaban J connectivity index is 1.81. The largest absolute Gasteiger partial charge is 0.465 e. The maximum absolute atomic E-state index is 13.7. The van der Waals surface area contributed by atoms with Crippen molar-refractivity contribution in [3.63, 3.8) is 0 Å². The summed E-state index contributed by atoms with van der Waals surface area (Å²) in [4.78, 5) is 15.3. The average molecular weight is 538 g/mol. The van der Waals surface area contributed by atoms with E-state index >= 15 is 0 Å². The van der Waals surface area contributed by atoms with Crippen LogP contribution < -0.4 is 4.31 Å². The Kier molecular flexibility index (Phi) is 6.72. The molecule has 7 nitrogen and oxygen atoms in total. The molecule has 188 valence electrons. The second-order valence-corrected chi connectivity index (χ2v) is 10.1. The maximum Gasteiger partial charge on any atom is 0.417 e. The van der Waals surface area contributed by atoms with Gasteiger partial charge in [-0.15, -0.1) is 0 Å². The molecule has 4 rings (SSSR count). The van der Waals surface area contributed by atoms with E-state index in [9.17, 15) is 26.4 Å². The van der Waals surface area contributed by atoms with Crippen LogP contribution in [0.4, 0.5) is 19.0 Å². The number of ether oxygens (including phenoxy) is 1. The fraction of sp³-hybridized carbons (Fsp3) is 0.167. The minimum absolute atomic E-state index is 0.128. The number of sulfonamides is 1. The van der Waals surface area contributed by atoms with E-state index in [-0.39, 0.29) is 22.8 Å². The van der Waals surface area contributed by atoms with Crippen molar-refractivity contribution in [2.45, 2.75) is 17.6 Å². The van der Waals surface area contributed by atoms with E-state index in [4.69, 9.17) is 11.6 Å². The van der Waals surface area contributed by atoms with Gasteiger partial charge in [0.25, 0.3) is 10.0 Å². The minimum atomic E-state index is -4.71. The molecule has 0 bridgehead atoms. The number of esters is 1. The van der Waals surface area contributed by atoms with Crippen molar-refractivity contribution in [2.24, 2.45) is 7.05 Å². The molecule has 2 heterocycles. The molecule has 0 N–H and O–H groups in total. The summed E-state index contributed by atoms with van der Waals surface area (Å²) in [6.07, 6.45) is -2.33. The van der Waals surface area contributed by atoms with E-state index in [0.717, 1.165) is 15.2 Å². The van der Waals surface area contributed by atoms with Crippen LogP contribution in [0, 0.1) is 0 Å². The first-order valence-corrected chi connectivity index (χ1v) is 12.2. The number of aromatic nitrogens is 2. The highest BCUT2D eigenvalue weighted by molar-refractivity contribution is 7.92. The average Bonchev–Trinajstić information content (AvgIpc) is 3.21. The normalized spacial score (nSPS) is 12.1. The first-order valence-electron chi connectivity index (χ1n) is 10.4. The Morgan fingerprint density at radius 1 is 1.11 bits per heavy atom. The lowest BCUT2D eigenvalue weighted by molar-refractivity contribution is -0.137. The molecule has 2 aromatic heterocycles. The quantitative estimate of drug-likeness (QED) is 0.306. The van der Waals surface area contributed by atoms with E-state index in [0.29, 0.717) is 17.8 Å². The third-order valence-corrected chi connectivity index (χ3v) is 7.55. The number of halogens is 4. The number of hydrogen-bond acceptors (Lipinski definition) is 5. The molecule has 0 unspecified atom stereocenters. The van der Waals surface area contributed by atoms with E-state index in [1.807, 2.05) is 29.9 Å². The Morgan fingerprint density at radius 3 is 2.42 bits per heavy atom. The standard InChI is InChI=1S/C24H19ClF3N3O4S/c1-30-10-9-17-11-15(3-8-21(17)30)14-31(22-20(25)12-18(13-29-22)24(26,27)28)36(33,34)19-6-4-16(5-7-19)23(32)35-2/h3-13H,14H2,1-2H3. The highest BCUT2D eigenvalue weighted by Crippen LogP contribution is 2.36. The minimum Gasteiger partial charge on any atom is -0.465 e. The molecule has 4 aromatic rings. The summed E-state index contributed by atoms with van der Waals surface area (Å²) in [6.45, 7) is -0.260. The lowest BCUT2D eigenvalue weighted by atomic mass is 10.1. The van der Waals surface area contributed by atoms with Crippen LogP contribution in [0.1, 0.15) is 21.5 Å². The summed E-state index contributed by atoms with van der Waals surface area (Å²) in [6, 6.07) is 12.7. The number of aryl methyl sites for hydroxylation is 1. The third-order valence-electron chi connectivity index (χ3n) is 5.52. The maximum atomic E-state index is 13.7. The Hall–Kier alpha value is -3.57. The van der Waals surface area contributed by atoms with Crippen LogP contribution >= 0.6 is 11.6 Å². The van der Waals surface area contributed by atoms with Crippen LogP contribution in [0.2, 0.25) is 5.02 Å². The molecule has 0 aliphatic carbocycles. The lowest BCUT2D eigenvalue weighted by Crippen LogP contribution is -2.32. The second kappa shape index (κ2) is 9.47. The number of nitrogens with zero attached hydrogens (tertiary/aromatic N) is 3. The van der Waals surface area contributed by atoms with Gasteiger partial charge < -0.3 is 9.30 Å². The highest BCUT2D eigenvalue weighted by atomic mass is 35.5. The molecule has 0 amide bonds. The zero-order valence-electron chi connectivity index (χ0n) is 19.0. The number of fused-ring (bicyclic) bond motifs is 1. The van der Waals surface area contributed by atoms with Crippen LogP contribution in [-0.2, 0) is 34.5 Å². The summed E-state index contributed by atoms with van der Waals surface area (Å²) in [7, 11) is -1.32. The number of pyridine rings is 1. The predicted octanol–water partition coefficient (Wildman–Crippen LogP) is 5.43. The first kappa shape index (κ1) is 25.5. The van der Waals surface area contributed by atoms with Crippen LogP contribution in [-0.4, -0.2) is 31.0 Å². The zero-order chi connectivity index (χ0) is 26.3. The van der Waals surface area contributed by atoms with Crippen molar-refractivity contribution < 1.29 is 31.1 Å². The summed E-state index contributed by atoms with van der Waals surface area (Å²) >= 11 is 6.14. The molecule has 12 heteroatoms. The van der Waals surface area contributed by atoms with Crippen LogP contribution in [0.15, 0.2) is 71.9 Å². The Labute approximate surface area is 209 Å². The van der Waals surface area contributed by atoms with Crippen molar-refractivity contribution in [2.75, 3.05) is 11.4 Å². The first-order chi connectivity index (χ1) is 16.9. The van der Waals surface area contributed by atoms with E-state index in [2.05, 4.69) is 9.72 Å². The van der Waals surface area contributed by atoms with Gasteiger partial charge >= 0.3 is 12.1 Å². The molecule has 0 radical (unpaired) electrons. The molecule has 0 atom stereocenters. The summed E-state index contributed by atoms with van der Waals surface area (Å²) in [5.74, 6) is -1.02. The monoisotopic (exact) mass is 537 g/mol. The second-order valence-electron chi connectivity index (χ2n) is 7.87. The highest BCUT2D eigenvalue weighted by Gasteiger charge is 2.34. The van der Waals surface area contributed by atoms with Crippen LogP contribution in [0.5, 0.6) is 0 Å². The number of carbonyl (C=O) groups is 1. The number of alkyl halides is 3. The molecule has 0 spiro atoms. The van der Waals surface area contributed by atoms with Gasteiger partial charge in [-0.05, 0) is 59.5 Å². The summed E-state index contributed by atoms with van der Waals surface area (Å²) in [5.41, 5.74) is 0.489. The fourth-order valence-electron chi connectivity index (χ4n) is 3.65. The summed E-state index contributed by atoms with van der Waals surface area (Å²) < 4.78 is 74.2. The molecular weight excluding hydrogens is 519 g/mol.